The Hall–Kier alpha value is 0.437. The van der Waals surface area contributed by atoms with Crippen LogP contribution in [0.3, 0.4) is 0 Å². The van der Waals surface area contributed by atoms with Crippen molar-refractivity contribution in [2.24, 2.45) is 0 Å². The molecule has 0 aliphatic carbocycles. The highest BCUT2D eigenvalue weighted by atomic mass is 35.6. The molecule has 0 saturated heterocycles. The molecule has 0 unspecified atom stereocenters. The largest absolute Gasteiger partial charge is 0.253 e. The number of hydrogen-bond donors (Lipinski definition) is 0. The minimum atomic E-state index is -1.83. The zero-order valence-corrected chi connectivity index (χ0v) is 5.72. The zero-order chi connectivity index (χ0) is 5.21. The summed E-state index contributed by atoms with van der Waals surface area (Å²) in [5.41, 5.74) is 0. The third-order valence-electron chi connectivity index (χ3n) is 0.318. The molecule has 0 atom stereocenters. The first-order chi connectivity index (χ1) is 2.56. The van der Waals surface area contributed by atoms with Gasteiger partial charge >= 0.3 is 0 Å². The highest BCUT2D eigenvalue weighted by Crippen LogP contribution is 2.05. The molecule has 0 aromatic heterocycles. The maximum Gasteiger partial charge on any atom is 0.183 e. The molecular weight excluding hydrogens is 119 g/mol. The van der Waals surface area contributed by atoms with Crippen molar-refractivity contribution in [2.45, 2.75) is 13.1 Å². The summed E-state index contributed by atoms with van der Waals surface area (Å²) in [6, 6.07) is 0. The monoisotopic (exact) mass is 126 g/mol. The Morgan fingerprint density at radius 1 is 1.67 bits per heavy atom. The van der Waals surface area contributed by atoms with Crippen LogP contribution in [0, 0.1) is 0 Å². The Morgan fingerprint density at radius 3 is 1.83 bits per heavy atom. The predicted molar refractivity (Wildman–Crippen MR) is 29.3 cm³/mol. The van der Waals surface area contributed by atoms with Crippen molar-refractivity contribution in [3.05, 3.63) is 0 Å². The minimum Gasteiger partial charge on any atom is -0.253 e. The van der Waals surface area contributed by atoms with Gasteiger partial charge in [0.15, 0.2) is 7.38 Å². The quantitative estimate of drug-likeness (QED) is 0.372. The van der Waals surface area contributed by atoms with E-state index in [1.54, 1.807) is 13.1 Å². The van der Waals surface area contributed by atoms with Crippen LogP contribution < -0.4 is 0 Å². The molecule has 0 rings (SSSR count). The van der Waals surface area contributed by atoms with Gasteiger partial charge in [0.25, 0.3) is 0 Å². The average molecular weight is 127 g/mol. The Balaban J connectivity index is 3.17. The Labute approximate surface area is 43.0 Å². The zero-order valence-electron chi connectivity index (χ0n) is 3.96. The summed E-state index contributed by atoms with van der Waals surface area (Å²) >= 11 is 5.48. The standard InChI is InChI=1S/C3H8ClFSi/c1-6(2,4)3-5/h3H2,1-2H3. The van der Waals surface area contributed by atoms with Gasteiger partial charge in [0.2, 0.25) is 0 Å². The van der Waals surface area contributed by atoms with Crippen LogP contribution in [0.1, 0.15) is 0 Å². The van der Waals surface area contributed by atoms with Crippen LogP contribution in [0.25, 0.3) is 0 Å². The highest BCUT2D eigenvalue weighted by molar-refractivity contribution is 7.19. The van der Waals surface area contributed by atoms with Gasteiger partial charge in [-0.3, -0.25) is 4.39 Å². The maximum atomic E-state index is 11.4. The van der Waals surface area contributed by atoms with E-state index in [9.17, 15) is 4.39 Å². The van der Waals surface area contributed by atoms with Gasteiger partial charge in [-0.25, -0.2) is 0 Å². The van der Waals surface area contributed by atoms with Crippen molar-refractivity contribution in [3.63, 3.8) is 0 Å². The van der Waals surface area contributed by atoms with Crippen molar-refractivity contribution in [3.8, 4) is 0 Å². The third kappa shape index (κ3) is 4.44. The summed E-state index contributed by atoms with van der Waals surface area (Å²) in [6.45, 7) is 3.54. The smallest absolute Gasteiger partial charge is 0.183 e. The van der Waals surface area contributed by atoms with Crippen molar-refractivity contribution < 1.29 is 4.39 Å². The summed E-state index contributed by atoms with van der Waals surface area (Å²) in [5.74, 6) is 0. The van der Waals surface area contributed by atoms with Gasteiger partial charge in [0.1, 0.15) is 0 Å². The molecule has 0 spiro atoms. The fraction of sp³-hybridized carbons (Fsp3) is 1.00. The van der Waals surface area contributed by atoms with E-state index in [1.165, 1.54) is 0 Å². The molecule has 3 heteroatoms. The highest BCUT2D eigenvalue weighted by Gasteiger charge is 2.14. The second-order valence-corrected chi connectivity index (χ2v) is 8.63. The minimum absolute atomic E-state index is 0.325. The van der Waals surface area contributed by atoms with Gasteiger partial charge in [0.05, 0.1) is 6.30 Å². The van der Waals surface area contributed by atoms with Gasteiger partial charge in [-0.1, -0.05) is 13.1 Å². The van der Waals surface area contributed by atoms with E-state index in [4.69, 9.17) is 11.1 Å². The molecule has 0 aliphatic heterocycles. The first kappa shape index (κ1) is 6.44. The number of halogens is 2. The molecule has 0 amide bonds. The molecule has 0 radical (unpaired) electrons. The lowest BCUT2D eigenvalue weighted by atomic mass is 11.8. The van der Waals surface area contributed by atoms with E-state index in [0.717, 1.165) is 0 Å². The topological polar surface area (TPSA) is 0 Å². The van der Waals surface area contributed by atoms with Crippen molar-refractivity contribution >= 4 is 18.5 Å². The van der Waals surface area contributed by atoms with Crippen molar-refractivity contribution in [2.75, 3.05) is 6.30 Å². The Bertz CT molecular complexity index is 40.5. The molecule has 0 nitrogen and oxygen atoms in total. The summed E-state index contributed by atoms with van der Waals surface area (Å²) < 4.78 is 11.4. The lowest BCUT2D eigenvalue weighted by molar-refractivity contribution is 0.587. The molecule has 0 bridgehead atoms. The van der Waals surface area contributed by atoms with Crippen LogP contribution in [-0.4, -0.2) is 13.7 Å². The molecule has 0 aromatic carbocycles. The number of hydrogen-bond acceptors (Lipinski definition) is 0. The van der Waals surface area contributed by atoms with Gasteiger partial charge in [-0.15, -0.1) is 0 Å². The molecule has 0 saturated carbocycles. The summed E-state index contributed by atoms with van der Waals surface area (Å²) in [6.07, 6.45) is -0.325. The van der Waals surface area contributed by atoms with Crippen LogP contribution in [-0.2, 0) is 0 Å². The van der Waals surface area contributed by atoms with Crippen LogP contribution in [0.5, 0.6) is 0 Å². The number of rotatable bonds is 1. The third-order valence-corrected chi connectivity index (χ3v) is 1.26. The molecule has 0 fully saturated rings. The Kier molecular flexibility index (Phi) is 2.08. The lowest BCUT2D eigenvalue weighted by Gasteiger charge is -2.02. The SMILES string of the molecule is C[Si](C)(Cl)CF. The first-order valence-corrected chi connectivity index (χ1v) is 6.03. The molecule has 0 aromatic rings. The predicted octanol–water partition coefficient (Wildman–Crippen LogP) is 1.94. The molecule has 0 N–H and O–H groups in total. The molecule has 0 aliphatic rings. The number of alkyl halides is 1. The van der Waals surface area contributed by atoms with Gasteiger partial charge < -0.3 is 0 Å². The molecule has 6 heavy (non-hydrogen) atoms. The maximum absolute atomic E-state index is 11.4. The van der Waals surface area contributed by atoms with Crippen molar-refractivity contribution in [1.29, 1.82) is 0 Å². The first-order valence-electron chi connectivity index (χ1n) is 1.81. The second kappa shape index (κ2) is 1.94. The van der Waals surface area contributed by atoms with E-state index >= 15 is 0 Å². The lowest BCUT2D eigenvalue weighted by Crippen LogP contribution is -2.19. The van der Waals surface area contributed by atoms with Gasteiger partial charge in [-0.05, 0) is 0 Å². The van der Waals surface area contributed by atoms with Gasteiger partial charge in [-0.2, -0.15) is 11.1 Å². The fourth-order valence-electron chi connectivity index (χ4n) is 0. The fourth-order valence-corrected chi connectivity index (χ4v) is 0. The van der Waals surface area contributed by atoms with E-state index in [-0.39, 0.29) is 6.30 Å². The van der Waals surface area contributed by atoms with Crippen LogP contribution in [0.15, 0.2) is 0 Å². The molecular formula is C3H8ClFSi. The average Bonchev–Trinajstić information content (AvgIpc) is 1.35. The second-order valence-electron chi connectivity index (χ2n) is 1.85. The van der Waals surface area contributed by atoms with E-state index in [1.807, 2.05) is 0 Å². The molecule has 38 valence electrons. The summed E-state index contributed by atoms with van der Waals surface area (Å²) in [7, 11) is -1.83. The van der Waals surface area contributed by atoms with Crippen molar-refractivity contribution in [1.82, 2.24) is 0 Å². The van der Waals surface area contributed by atoms with E-state index in [0.29, 0.717) is 0 Å². The van der Waals surface area contributed by atoms with Crippen LogP contribution in [0.4, 0.5) is 4.39 Å². The van der Waals surface area contributed by atoms with Crippen LogP contribution in [0.2, 0.25) is 13.1 Å². The van der Waals surface area contributed by atoms with Crippen LogP contribution >= 0.6 is 11.1 Å². The normalized spacial score (nSPS) is 12.0. The Morgan fingerprint density at radius 2 is 1.83 bits per heavy atom. The summed E-state index contributed by atoms with van der Waals surface area (Å²) in [4.78, 5) is 0. The summed E-state index contributed by atoms with van der Waals surface area (Å²) in [5, 5.41) is 0. The van der Waals surface area contributed by atoms with E-state index in [2.05, 4.69) is 0 Å². The van der Waals surface area contributed by atoms with Gasteiger partial charge in [0, 0.05) is 0 Å². The molecule has 0 heterocycles. The van der Waals surface area contributed by atoms with E-state index < -0.39 is 7.38 Å².